The van der Waals surface area contributed by atoms with Gasteiger partial charge in [0.05, 0.1) is 5.75 Å². The molecule has 1 aliphatic heterocycles. The highest BCUT2D eigenvalue weighted by Crippen LogP contribution is 2.40. The third-order valence-electron chi connectivity index (χ3n) is 4.36. The molecule has 25 heavy (non-hydrogen) atoms. The molecule has 1 atom stereocenters. The standard InChI is InChI=1S/C16H15FN2O5S/c17-13-9-19(7-6-16(15(21)18-22)10-25(16,23)24)14(20)8-12(13)11-4-2-1-3-5-11/h1-5,8-9,22H,6-7,10H2,(H,18,21)/t16-/m0/s1. The SMILES string of the molecule is O=C(NO)[C@]1(CCn2cc(F)c(-c3ccccc3)cc2=O)CS1(=O)=O. The summed E-state index contributed by atoms with van der Waals surface area (Å²) < 4.78 is 36.9. The average Bonchev–Trinajstić information content (AvgIpc) is 3.17. The number of aromatic nitrogens is 1. The van der Waals surface area contributed by atoms with E-state index in [1.54, 1.807) is 30.3 Å². The lowest BCUT2D eigenvalue weighted by atomic mass is 10.1. The summed E-state index contributed by atoms with van der Waals surface area (Å²) in [6.45, 7) is -0.169. The van der Waals surface area contributed by atoms with Crippen LogP contribution in [0.5, 0.6) is 0 Å². The molecule has 0 saturated carbocycles. The van der Waals surface area contributed by atoms with Gasteiger partial charge in [-0.2, -0.15) is 0 Å². The van der Waals surface area contributed by atoms with Gasteiger partial charge in [-0.3, -0.25) is 14.8 Å². The quantitative estimate of drug-likeness (QED) is 0.461. The Labute approximate surface area is 142 Å². The minimum Gasteiger partial charge on any atom is -0.312 e. The predicted octanol–water partition coefficient (Wildman–Crippen LogP) is 0.717. The fraction of sp³-hybridized carbons (Fsp3) is 0.250. The Morgan fingerprint density at radius 1 is 1.32 bits per heavy atom. The first kappa shape index (κ1) is 17.3. The Kier molecular flexibility index (Phi) is 4.21. The van der Waals surface area contributed by atoms with Crippen molar-refractivity contribution in [1.29, 1.82) is 0 Å². The second kappa shape index (κ2) is 6.08. The summed E-state index contributed by atoms with van der Waals surface area (Å²) in [4.78, 5) is 23.8. The summed E-state index contributed by atoms with van der Waals surface area (Å²) >= 11 is 0. The van der Waals surface area contributed by atoms with E-state index in [1.165, 1.54) is 5.48 Å². The van der Waals surface area contributed by atoms with E-state index in [1.807, 2.05) is 0 Å². The van der Waals surface area contributed by atoms with Crippen molar-refractivity contribution in [1.82, 2.24) is 10.0 Å². The van der Waals surface area contributed by atoms with E-state index in [-0.39, 0.29) is 18.5 Å². The van der Waals surface area contributed by atoms with Crippen LogP contribution in [0.2, 0.25) is 0 Å². The molecule has 1 saturated heterocycles. The largest absolute Gasteiger partial charge is 0.312 e. The van der Waals surface area contributed by atoms with Crippen LogP contribution in [0, 0.1) is 5.82 Å². The molecule has 9 heteroatoms. The van der Waals surface area contributed by atoms with Gasteiger partial charge in [-0.1, -0.05) is 30.3 Å². The fourth-order valence-corrected chi connectivity index (χ4v) is 4.64. The number of amides is 1. The van der Waals surface area contributed by atoms with E-state index in [9.17, 15) is 22.4 Å². The van der Waals surface area contributed by atoms with Crippen molar-refractivity contribution in [3.8, 4) is 11.1 Å². The van der Waals surface area contributed by atoms with Gasteiger partial charge in [0.15, 0.2) is 14.6 Å². The monoisotopic (exact) mass is 366 g/mol. The molecule has 2 heterocycles. The topological polar surface area (TPSA) is 105 Å². The minimum atomic E-state index is -3.66. The normalized spacial score (nSPS) is 20.9. The maximum Gasteiger partial charge on any atom is 0.265 e. The molecule has 1 aromatic heterocycles. The zero-order valence-corrected chi connectivity index (χ0v) is 13.8. The first-order valence-corrected chi connectivity index (χ1v) is 9.08. The number of aryl methyl sites for hydroxylation is 1. The summed E-state index contributed by atoms with van der Waals surface area (Å²) in [5, 5.41) is 8.71. The smallest absolute Gasteiger partial charge is 0.265 e. The molecule has 0 radical (unpaired) electrons. The number of pyridine rings is 1. The Balaban J connectivity index is 1.87. The van der Waals surface area contributed by atoms with E-state index in [2.05, 4.69) is 0 Å². The summed E-state index contributed by atoms with van der Waals surface area (Å²) in [5.41, 5.74) is 1.51. The highest BCUT2D eigenvalue weighted by atomic mass is 32.2. The van der Waals surface area contributed by atoms with Gasteiger partial charge in [0.25, 0.3) is 11.5 Å². The second-order valence-corrected chi connectivity index (χ2v) is 8.18. The van der Waals surface area contributed by atoms with Crippen LogP contribution in [0.4, 0.5) is 4.39 Å². The van der Waals surface area contributed by atoms with E-state index in [4.69, 9.17) is 5.21 Å². The molecule has 0 aliphatic carbocycles. The fourth-order valence-electron chi connectivity index (χ4n) is 2.79. The lowest BCUT2D eigenvalue weighted by Crippen LogP contribution is -2.38. The van der Waals surface area contributed by atoms with Crippen LogP contribution in [0.3, 0.4) is 0 Å². The molecule has 1 aliphatic rings. The Bertz CT molecular complexity index is 987. The van der Waals surface area contributed by atoms with E-state index in [0.29, 0.717) is 5.56 Å². The third kappa shape index (κ3) is 2.96. The van der Waals surface area contributed by atoms with Gasteiger partial charge in [-0.25, -0.2) is 18.3 Å². The van der Waals surface area contributed by atoms with Crippen LogP contribution >= 0.6 is 0 Å². The number of halogens is 1. The number of rotatable bonds is 5. The number of carbonyl (C=O) groups is 1. The van der Waals surface area contributed by atoms with Crippen LogP contribution < -0.4 is 11.0 Å². The summed E-state index contributed by atoms with van der Waals surface area (Å²) in [7, 11) is -3.66. The zero-order chi connectivity index (χ0) is 18.2. The average molecular weight is 366 g/mol. The first-order valence-electron chi connectivity index (χ1n) is 7.43. The molecule has 2 N–H and O–H groups in total. The van der Waals surface area contributed by atoms with E-state index < -0.39 is 37.6 Å². The lowest BCUT2D eigenvalue weighted by molar-refractivity contribution is -0.130. The number of hydrogen-bond acceptors (Lipinski definition) is 5. The molecule has 3 rings (SSSR count). The molecular weight excluding hydrogens is 351 g/mol. The number of nitrogens with one attached hydrogen (secondary N) is 1. The van der Waals surface area contributed by atoms with Crippen molar-refractivity contribution in [2.24, 2.45) is 0 Å². The molecule has 1 amide bonds. The minimum absolute atomic E-state index is 0.142. The van der Waals surface area contributed by atoms with Crippen LogP contribution in [0.1, 0.15) is 6.42 Å². The summed E-state index contributed by atoms with van der Waals surface area (Å²) in [6.07, 6.45) is 0.760. The van der Waals surface area contributed by atoms with Crippen LogP contribution in [-0.2, 0) is 21.2 Å². The number of carbonyl (C=O) groups excluding carboxylic acids is 1. The molecule has 1 aromatic carbocycles. The summed E-state index contributed by atoms with van der Waals surface area (Å²) in [5.74, 6) is -2.09. The van der Waals surface area contributed by atoms with E-state index >= 15 is 0 Å². The highest BCUT2D eigenvalue weighted by Gasteiger charge is 2.66. The van der Waals surface area contributed by atoms with Gasteiger partial charge in [-0.15, -0.1) is 0 Å². The number of hydrogen-bond donors (Lipinski definition) is 2. The Morgan fingerprint density at radius 3 is 2.52 bits per heavy atom. The molecule has 0 unspecified atom stereocenters. The molecule has 2 aromatic rings. The number of benzene rings is 1. The van der Waals surface area contributed by atoms with Crippen molar-refractivity contribution in [3.05, 3.63) is 58.8 Å². The molecule has 0 spiro atoms. The van der Waals surface area contributed by atoms with Gasteiger partial charge >= 0.3 is 0 Å². The van der Waals surface area contributed by atoms with E-state index in [0.717, 1.165) is 16.8 Å². The Morgan fingerprint density at radius 2 is 1.96 bits per heavy atom. The second-order valence-electron chi connectivity index (χ2n) is 5.88. The number of nitrogens with zero attached hydrogens (tertiary/aromatic N) is 1. The molecule has 0 bridgehead atoms. The highest BCUT2D eigenvalue weighted by molar-refractivity contribution is 8.01. The van der Waals surface area contributed by atoms with Crippen LogP contribution in [0.15, 0.2) is 47.4 Å². The lowest BCUT2D eigenvalue weighted by Gasteiger charge is -2.12. The summed E-state index contributed by atoms with van der Waals surface area (Å²) in [6, 6.07) is 9.67. The van der Waals surface area contributed by atoms with Crippen LogP contribution in [0.25, 0.3) is 11.1 Å². The maximum atomic E-state index is 14.3. The van der Waals surface area contributed by atoms with Crippen molar-refractivity contribution in [3.63, 3.8) is 0 Å². The number of sulfone groups is 1. The van der Waals surface area contributed by atoms with Crippen molar-refractivity contribution < 1.29 is 22.8 Å². The third-order valence-corrected chi connectivity index (χ3v) is 6.61. The first-order chi connectivity index (χ1) is 11.8. The van der Waals surface area contributed by atoms with Gasteiger partial charge in [-0.05, 0) is 12.0 Å². The molecular formula is C16H15FN2O5S. The van der Waals surface area contributed by atoms with Gasteiger partial charge < -0.3 is 4.57 Å². The number of hydroxylamine groups is 1. The van der Waals surface area contributed by atoms with Crippen LogP contribution in [-0.4, -0.2) is 34.6 Å². The Hall–Kier alpha value is -2.52. The van der Waals surface area contributed by atoms with Gasteiger partial charge in [0, 0.05) is 24.4 Å². The zero-order valence-electron chi connectivity index (χ0n) is 13.0. The van der Waals surface area contributed by atoms with Gasteiger partial charge in [0.2, 0.25) is 0 Å². The van der Waals surface area contributed by atoms with Crippen molar-refractivity contribution in [2.75, 3.05) is 5.75 Å². The van der Waals surface area contributed by atoms with Crippen molar-refractivity contribution >= 4 is 15.7 Å². The van der Waals surface area contributed by atoms with Crippen molar-refractivity contribution in [2.45, 2.75) is 17.7 Å². The predicted molar refractivity (Wildman–Crippen MR) is 87.2 cm³/mol. The molecule has 7 nitrogen and oxygen atoms in total. The molecule has 132 valence electrons. The van der Waals surface area contributed by atoms with Gasteiger partial charge in [0.1, 0.15) is 5.82 Å². The molecule has 1 fully saturated rings. The maximum absolute atomic E-state index is 14.3.